The third-order valence-electron chi connectivity index (χ3n) is 4.12. The van der Waals surface area contributed by atoms with E-state index in [9.17, 15) is 14.4 Å². The number of ether oxygens (including phenoxy) is 2. The molecule has 0 heterocycles. The fraction of sp³-hybridized carbons (Fsp3) is 0.318. The number of hydrogen-bond donors (Lipinski definition) is 1. The van der Waals surface area contributed by atoms with Crippen LogP contribution in [0.3, 0.4) is 0 Å². The second-order valence-electron chi connectivity index (χ2n) is 6.63. The standard InChI is InChI=1S/C22H25NO5/c1-5-27-19-9-7-6-8-18(19)21(25)23-20(14(2)3)22(26)28-17-12-10-16(11-13-17)15(4)24/h6-14,20H,5H2,1-4H3,(H,23,25)/t20-/m0/s1. The Bertz CT molecular complexity index is 842. The highest BCUT2D eigenvalue weighted by molar-refractivity contribution is 5.99. The first kappa shape index (κ1) is 21.2. The van der Waals surface area contributed by atoms with Gasteiger partial charge in [-0.25, -0.2) is 4.79 Å². The second kappa shape index (κ2) is 9.69. The van der Waals surface area contributed by atoms with Crippen LogP contribution in [0.15, 0.2) is 48.5 Å². The summed E-state index contributed by atoms with van der Waals surface area (Å²) in [4.78, 5) is 36.7. The molecule has 0 saturated carbocycles. The molecule has 0 spiro atoms. The first-order valence-electron chi connectivity index (χ1n) is 9.18. The summed E-state index contributed by atoms with van der Waals surface area (Å²) in [6, 6.07) is 12.3. The minimum atomic E-state index is -0.838. The lowest BCUT2D eigenvalue weighted by atomic mass is 10.0. The van der Waals surface area contributed by atoms with Gasteiger partial charge in [-0.2, -0.15) is 0 Å². The highest BCUT2D eigenvalue weighted by Gasteiger charge is 2.27. The van der Waals surface area contributed by atoms with Crippen LogP contribution in [0.2, 0.25) is 0 Å². The van der Waals surface area contributed by atoms with Crippen molar-refractivity contribution >= 4 is 17.7 Å². The molecule has 2 aromatic rings. The van der Waals surface area contributed by atoms with Crippen molar-refractivity contribution in [1.29, 1.82) is 0 Å². The van der Waals surface area contributed by atoms with Gasteiger partial charge in [0, 0.05) is 5.56 Å². The van der Waals surface area contributed by atoms with Crippen LogP contribution < -0.4 is 14.8 Å². The first-order chi connectivity index (χ1) is 13.3. The lowest BCUT2D eigenvalue weighted by molar-refractivity contribution is -0.137. The Morgan fingerprint density at radius 1 is 1.00 bits per heavy atom. The van der Waals surface area contributed by atoms with Gasteiger partial charge < -0.3 is 14.8 Å². The molecule has 0 aromatic heterocycles. The number of para-hydroxylation sites is 1. The Kier molecular flexibility index (Phi) is 7.32. The number of benzene rings is 2. The molecule has 28 heavy (non-hydrogen) atoms. The predicted molar refractivity (Wildman–Crippen MR) is 106 cm³/mol. The van der Waals surface area contributed by atoms with E-state index in [4.69, 9.17) is 9.47 Å². The molecule has 0 fully saturated rings. The number of esters is 1. The van der Waals surface area contributed by atoms with Crippen molar-refractivity contribution in [2.45, 2.75) is 33.7 Å². The van der Waals surface area contributed by atoms with E-state index in [2.05, 4.69) is 5.32 Å². The van der Waals surface area contributed by atoms with E-state index in [0.717, 1.165) is 0 Å². The van der Waals surface area contributed by atoms with E-state index in [1.54, 1.807) is 48.5 Å². The zero-order valence-corrected chi connectivity index (χ0v) is 16.5. The third-order valence-corrected chi connectivity index (χ3v) is 4.12. The SMILES string of the molecule is CCOc1ccccc1C(=O)N[C@H](C(=O)Oc1ccc(C(C)=O)cc1)C(C)C. The Hall–Kier alpha value is -3.15. The minimum Gasteiger partial charge on any atom is -0.493 e. The highest BCUT2D eigenvalue weighted by atomic mass is 16.5. The van der Waals surface area contributed by atoms with Gasteiger partial charge >= 0.3 is 5.97 Å². The summed E-state index contributed by atoms with van der Waals surface area (Å²) >= 11 is 0. The number of Topliss-reactive ketones (excluding diaryl/α,β-unsaturated/α-hetero) is 1. The summed E-state index contributed by atoms with van der Waals surface area (Å²) < 4.78 is 10.9. The number of rotatable bonds is 8. The molecule has 1 amide bonds. The lowest BCUT2D eigenvalue weighted by Crippen LogP contribution is -2.46. The maximum atomic E-state index is 12.7. The molecular formula is C22H25NO5. The van der Waals surface area contributed by atoms with E-state index in [1.165, 1.54) is 6.92 Å². The van der Waals surface area contributed by atoms with Crippen molar-refractivity contribution < 1.29 is 23.9 Å². The van der Waals surface area contributed by atoms with E-state index >= 15 is 0 Å². The fourth-order valence-corrected chi connectivity index (χ4v) is 2.59. The van der Waals surface area contributed by atoms with Crippen LogP contribution in [-0.4, -0.2) is 30.3 Å². The first-order valence-corrected chi connectivity index (χ1v) is 9.18. The number of nitrogens with one attached hydrogen (secondary N) is 1. The third kappa shape index (κ3) is 5.42. The average molecular weight is 383 g/mol. The Labute approximate surface area is 164 Å². The van der Waals surface area contributed by atoms with E-state index in [1.807, 2.05) is 20.8 Å². The quantitative estimate of drug-likeness (QED) is 0.427. The molecule has 0 saturated heterocycles. The van der Waals surface area contributed by atoms with Crippen LogP contribution in [0.25, 0.3) is 0 Å². The van der Waals surface area contributed by atoms with Crippen LogP contribution in [0, 0.1) is 5.92 Å². The van der Waals surface area contributed by atoms with Crippen LogP contribution in [-0.2, 0) is 4.79 Å². The second-order valence-corrected chi connectivity index (χ2v) is 6.63. The molecule has 6 nitrogen and oxygen atoms in total. The van der Waals surface area contributed by atoms with E-state index < -0.39 is 17.9 Å². The van der Waals surface area contributed by atoms with Gasteiger partial charge in [0.2, 0.25) is 0 Å². The number of amides is 1. The van der Waals surface area contributed by atoms with Gasteiger partial charge in [-0.15, -0.1) is 0 Å². The van der Waals surface area contributed by atoms with Gasteiger partial charge in [0.15, 0.2) is 5.78 Å². The monoisotopic (exact) mass is 383 g/mol. The van der Waals surface area contributed by atoms with E-state index in [-0.39, 0.29) is 11.7 Å². The van der Waals surface area contributed by atoms with Gasteiger partial charge in [0.05, 0.1) is 12.2 Å². The normalized spacial score (nSPS) is 11.6. The number of carbonyl (C=O) groups is 3. The summed E-state index contributed by atoms with van der Waals surface area (Å²) in [5, 5.41) is 2.73. The van der Waals surface area contributed by atoms with Crippen molar-refractivity contribution in [2.24, 2.45) is 5.92 Å². The zero-order valence-electron chi connectivity index (χ0n) is 16.5. The molecular weight excluding hydrogens is 358 g/mol. The largest absolute Gasteiger partial charge is 0.493 e. The zero-order chi connectivity index (χ0) is 20.7. The van der Waals surface area contributed by atoms with Crippen LogP contribution in [0.4, 0.5) is 0 Å². The summed E-state index contributed by atoms with van der Waals surface area (Å²) in [6.45, 7) is 7.36. The van der Waals surface area contributed by atoms with Crippen LogP contribution in [0.1, 0.15) is 48.4 Å². The average Bonchev–Trinajstić information content (AvgIpc) is 2.66. The summed E-state index contributed by atoms with van der Waals surface area (Å²) in [5.74, 6) is -0.479. The maximum absolute atomic E-state index is 12.7. The maximum Gasteiger partial charge on any atom is 0.334 e. The van der Waals surface area contributed by atoms with Crippen molar-refractivity contribution in [2.75, 3.05) is 6.61 Å². The molecule has 1 N–H and O–H groups in total. The fourth-order valence-electron chi connectivity index (χ4n) is 2.59. The summed E-state index contributed by atoms with van der Waals surface area (Å²) in [6.07, 6.45) is 0. The minimum absolute atomic E-state index is 0.0711. The van der Waals surface area contributed by atoms with Crippen molar-refractivity contribution in [3.8, 4) is 11.5 Å². The molecule has 0 bridgehead atoms. The molecule has 2 rings (SSSR count). The number of hydrogen-bond acceptors (Lipinski definition) is 5. The predicted octanol–water partition coefficient (Wildman–Crippen LogP) is 3.65. The van der Waals surface area contributed by atoms with Crippen molar-refractivity contribution in [1.82, 2.24) is 5.32 Å². The van der Waals surface area contributed by atoms with Gasteiger partial charge in [0.1, 0.15) is 17.5 Å². The Morgan fingerprint density at radius 3 is 2.21 bits per heavy atom. The van der Waals surface area contributed by atoms with Gasteiger partial charge in [-0.1, -0.05) is 26.0 Å². The van der Waals surface area contributed by atoms with Gasteiger partial charge in [-0.3, -0.25) is 9.59 Å². The van der Waals surface area contributed by atoms with Gasteiger partial charge in [-0.05, 0) is 56.2 Å². The summed E-state index contributed by atoms with van der Waals surface area (Å²) in [5.41, 5.74) is 0.884. The number of carbonyl (C=O) groups excluding carboxylic acids is 3. The van der Waals surface area contributed by atoms with Crippen LogP contribution >= 0.6 is 0 Å². The highest BCUT2D eigenvalue weighted by Crippen LogP contribution is 2.19. The molecule has 2 aromatic carbocycles. The molecule has 1 atom stereocenters. The Morgan fingerprint density at radius 2 is 1.64 bits per heavy atom. The van der Waals surface area contributed by atoms with Crippen molar-refractivity contribution in [3.05, 3.63) is 59.7 Å². The van der Waals surface area contributed by atoms with Crippen LogP contribution in [0.5, 0.6) is 11.5 Å². The molecule has 0 radical (unpaired) electrons. The molecule has 148 valence electrons. The topological polar surface area (TPSA) is 81.7 Å². The van der Waals surface area contributed by atoms with Gasteiger partial charge in [0.25, 0.3) is 5.91 Å². The van der Waals surface area contributed by atoms with E-state index in [0.29, 0.717) is 29.2 Å². The summed E-state index contributed by atoms with van der Waals surface area (Å²) in [7, 11) is 0. The molecule has 0 aliphatic heterocycles. The van der Waals surface area contributed by atoms with Crippen molar-refractivity contribution in [3.63, 3.8) is 0 Å². The number of ketones is 1. The smallest absolute Gasteiger partial charge is 0.334 e. The molecule has 0 aliphatic rings. The Balaban J connectivity index is 2.13. The molecule has 6 heteroatoms. The molecule has 0 aliphatic carbocycles. The molecule has 0 unspecified atom stereocenters. The lowest BCUT2D eigenvalue weighted by Gasteiger charge is -2.21.